The molecule has 1 heterocycles. The summed E-state index contributed by atoms with van der Waals surface area (Å²) < 4.78 is 10.3. The lowest BCUT2D eigenvalue weighted by Crippen LogP contribution is -2.29. The highest BCUT2D eigenvalue weighted by Gasteiger charge is 2.20. The molecule has 0 saturated carbocycles. The van der Waals surface area contributed by atoms with Gasteiger partial charge in [-0.2, -0.15) is 0 Å². The number of hydrogen-bond donors (Lipinski definition) is 0. The van der Waals surface area contributed by atoms with Gasteiger partial charge in [-0.1, -0.05) is 0 Å². The molecule has 0 N–H and O–H groups in total. The first kappa shape index (κ1) is 10.1. The minimum atomic E-state index is -1.74. The molecule has 0 saturated heterocycles. The van der Waals surface area contributed by atoms with Crippen molar-refractivity contribution in [2.75, 3.05) is 0 Å². The maximum absolute atomic E-state index is 11.3. The molecular weight excluding hydrogens is 184 g/mol. The van der Waals surface area contributed by atoms with Gasteiger partial charge in [-0.05, 0) is 31.8 Å². The van der Waals surface area contributed by atoms with Gasteiger partial charge in [0, 0.05) is 0 Å². The quantitative estimate of drug-likeness (QED) is 0.699. The van der Waals surface area contributed by atoms with E-state index in [1.54, 1.807) is 18.4 Å². The van der Waals surface area contributed by atoms with Crippen LogP contribution in [0.4, 0.5) is 0 Å². The molecule has 0 spiro atoms. The molecule has 13 heavy (non-hydrogen) atoms. The Hall–Kier alpha value is -1.03. The summed E-state index contributed by atoms with van der Waals surface area (Å²) in [6, 6.07) is 3.53. The van der Waals surface area contributed by atoms with Crippen LogP contribution < -0.4 is 0 Å². The monoisotopic (exact) mass is 198 g/mol. The van der Waals surface area contributed by atoms with Gasteiger partial charge in [0.05, 0.1) is 6.26 Å². The average Bonchev–Trinajstić information content (AvgIpc) is 2.34. The molecule has 4 heteroatoms. The first-order valence-electron chi connectivity index (χ1n) is 4.21. The van der Waals surface area contributed by atoms with Gasteiger partial charge in [0.25, 0.3) is 5.97 Å². The van der Waals surface area contributed by atoms with Crippen LogP contribution in [0.25, 0.3) is 0 Å². The van der Waals surface area contributed by atoms with E-state index in [2.05, 4.69) is 0 Å². The Bertz CT molecular complexity index is 272. The fourth-order valence-electron chi connectivity index (χ4n) is 0.933. The molecule has 72 valence electrons. The predicted molar refractivity (Wildman–Crippen MR) is 51.9 cm³/mol. The van der Waals surface area contributed by atoms with Gasteiger partial charge in [-0.25, -0.2) is 0 Å². The van der Waals surface area contributed by atoms with Crippen molar-refractivity contribution in [3.8, 4) is 0 Å². The zero-order valence-electron chi connectivity index (χ0n) is 8.16. The highest BCUT2D eigenvalue weighted by molar-refractivity contribution is 6.71. The Balaban J connectivity index is 2.43. The van der Waals surface area contributed by atoms with E-state index in [4.69, 9.17) is 8.84 Å². The molecule has 0 bridgehead atoms. The van der Waals surface area contributed by atoms with E-state index in [1.807, 2.05) is 19.6 Å². The largest absolute Gasteiger partial charge is 0.520 e. The van der Waals surface area contributed by atoms with Crippen molar-refractivity contribution in [2.24, 2.45) is 0 Å². The lowest BCUT2D eigenvalue weighted by molar-refractivity contribution is -0.134. The average molecular weight is 198 g/mol. The Morgan fingerprint density at radius 3 is 2.69 bits per heavy atom. The van der Waals surface area contributed by atoms with Crippen molar-refractivity contribution in [1.82, 2.24) is 0 Å². The minimum Gasteiger partial charge on any atom is -0.520 e. The molecular formula is C9H14O3Si. The zero-order valence-corrected chi connectivity index (χ0v) is 9.16. The normalized spacial score (nSPS) is 11.3. The molecule has 0 fully saturated rings. The summed E-state index contributed by atoms with van der Waals surface area (Å²) in [6.07, 6.45) is 1.79. The summed E-state index contributed by atoms with van der Waals surface area (Å²) in [5.74, 6) is 0.456. The number of hydrogen-bond acceptors (Lipinski definition) is 3. The van der Waals surface area contributed by atoms with Crippen molar-refractivity contribution in [3.63, 3.8) is 0 Å². The van der Waals surface area contributed by atoms with Gasteiger partial charge in [-0.15, -0.1) is 0 Å². The topological polar surface area (TPSA) is 39.4 Å². The summed E-state index contributed by atoms with van der Waals surface area (Å²) in [5, 5.41) is 0. The van der Waals surface area contributed by atoms with Crippen molar-refractivity contribution < 1.29 is 13.6 Å². The third-order valence-electron chi connectivity index (χ3n) is 1.32. The lowest BCUT2D eigenvalue weighted by atomic mass is 10.3. The predicted octanol–water partition coefficient (Wildman–Crippen LogP) is 2.20. The van der Waals surface area contributed by atoms with E-state index in [9.17, 15) is 4.79 Å². The molecule has 0 unspecified atom stereocenters. The van der Waals surface area contributed by atoms with E-state index in [0.29, 0.717) is 5.76 Å². The van der Waals surface area contributed by atoms with E-state index in [1.165, 1.54) is 0 Å². The Morgan fingerprint density at radius 1 is 1.54 bits per heavy atom. The molecule has 0 aromatic carbocycles. The minimum absolute atomic E-state index is 0.200. The van der Waals surface area contributed by atoms with Crippen molar-refractivity contribution in [2.45, 2.75) is 26.1 Å². The number of furan rings is 1. The standard InChI is InChI=1S/C9H14O3Si/c1-13(2,3)12-9(10)7-8-5-4-6-11-8/h4-6H,7H2,1-3H3. The molecule has 0 aliphatic carbocycles. The van der Waals surface area contributed by atoms with Gasteiger partial charge >= 0.3 is 0 Å². The number of rotatable bonds is 3. The van der Waals surface area contributed by atoms with Crippen LogP contribution in [0.15, 0.2) is 22.8 Å². The highest BCUT2D eigenvalue weighted by Crippen LogP contribution is 2.07. The maximum Gasteiger partial charge on any atom is 0.300 e. The van der Waals surface area contributed by atoms with Crippen LogP contribution in [0.5, 0.6) is 0 Å². The second-order valence-electron chi connectivity index (χ2n) is 3.84. The summed E-state index contributed by atoms with van der Waals surface area (Å²) in [5.41, 5.74) is 0. The third-order valence-corrected chi connectivity index (χ3v) is 2.16. The van der Waals surface area contributed by atoms with E-state index in [-0.39, 0.29) is 12.4 Å². The molecule has 1 rings (SSSR count). The summed E-state index contributed by atoms with van der Waals surface area (Å²) in [6.45, 7) is 5.94. The van der Waals surface area contributed by atoms with Gasteiger partial charge in [0.15, 0.2) is 0 Å². The van der Waals surface area contributed by atoms with Gasteiger partial charge in [-0.3, -0.25) is 4.79 Å². The Morgan fingerprint density at radius 2 is 2.23 bits per heavy atom. The number of carbonyl (C=O) groups excluding carboxylic acids is 1. The molecule has 0 aliphatic heterocycles. The van der Waals surface area contributed by atoms with Crippen molar-refractivity contribution in [1.29, 1.82) is 0 Å². The van der Waals surface area contributed by atoms with E-state index >= 15 is 0 Å². The molecule has 1 aromatic rings. The summed E-state index contributed by atoms with van der Waals surface area (Å²) >= 11 is 0. The Labute approximate surface area is 78.8 Å². The van der Waals surface area contributed by atoms with Crippen LogP contribution >= 0.6 is 0 Å². The molecule has 0 atom stereocenters. The second-order valence-corrected chi connectivity index (χ2v) is 8.27. The van der Waals surface area contributed by atoms with Crippen molar-refractivity contribution >= 4 is 14.3 Å². The molecule has 0 aliphatic rings. The van der Waals surface area contributed by atoms with Crippen LogP contribution in [0, 0.1) is 0 Å². The third kappa shape index (κ3) is 3.94. The van der Waals surface area contributed by atoms with E-state index < -0.39 is 8.32 Å². The smallest absolute Gasteiger partial charge is 0.300 e. The van der Waals surface area contributed by atoms with Crippen LogP contribution in [-0.4, -0.2) is 14.3 Å². The number of carbonyl (C=O) groups is 1. The maximum atomic E-state index is 11.3. The molecule has 0 amide bonds. The van der Waals surface area contributed by atoms with E-state index in [0.717, 1.165) is 0 Å². The van der Waals surface area contributed by atoms with Gasteiger partial charge in [0.1, 0.15) is 12.2 Å². The molecule has 3 nitrogen and oxygen atoms in total. The SMILES string of the molecule is C[Si](C)(C)OC(=O)Cc1ccco1. The molecule has 0 radical (unpaired) electrons. The Kier molecular flexibility index (Phi) is 2.93. The van der Waals surface area contributed by atoms with Crippen LogP contribution in [0.2, 0.25) is 19.6 Å². The molecule has 1 aromatic heterocycles. The summed E-state index contributed by atoms with van der Waals surface area (Å²) in [4.78, 5) is 11.3. The fourth-order valence-corrected chi connectivity index (χ4v) is 1.69. The second kappa shape index (κ2) is 3.78. The summed E-state index contributed by atoms with van der Waals surface area (Å²) in [7, 11) is -1.74. The first-order valence-corrected chi connectivity index (χ1v) is 7.62. The van der Waals surface area contributed by atoms with Crippen molar-refractivity contribution in [3.05, 3.63) is 24.2 Å². The van der Waals surface area contributed by atoms with Crippen LogP contribution in [0.3, 0.4) is 0 Å². The van der Waals surface area contributed by atoms with Gasteiger partial charge < -0.3 is 8.84 Å². The first-order chi connectivity index (χ1) is 5.97. The van der Waals surface area contributed by atoms with Crippen LogP contribution in [0.1, 0.15) is 5.76 Å². The fraction of sp³-hybridized carbons (Fsp3) is 0.444. The lowest BCUT2D eigenvalue weighted by Gasteiger charge is -2.16. The zero-order chi connectivity index (χ0) is 9.90. The van der Waals surface area contributed by atoms with Gasteiger partial charge in [0.2, 0.25) is 8.32 Å². The van der Waals surface area contributed by atoms with Crippen LogP contribution in [-0.2, 0) is 15.6 Å². The highest BCUT2D eigenvalue weighted by atomic mass is 28.4.